The average Bonchev–Trinajstić information content (AvgIpc) is 2.99. The molecule has 1 aliphatic carbocycles. The zero-order valence-electron chi connectivity index (χ0n) is 24.5. The summed E-state index contributed by atoms with van der Waals surface area (Å²) in [5, 5.41) is 2.41. The highest BCUT2D eigenvalue weighted by Gasteiger charge is 2.37. The number of rotatable bonds is 10. The molecule has 7 nitrogen and oxygen atoms in total. The molecule has 0 unspecified atom stereocenters. The lowest BCUT2D eigenvalue weighted by molar-refractivity contribution is -0.139. The maximum Gasteiger partial charge on any atom is 0.417 e. The smallest absolute Gasteiger partial charge is 0.352 e. The molecule has 3 aromatic rings. The quantitative estimate of drug-likeness (QED) is 0.264. The topological polar surface area (TPSA) is 86.8 Å². The first-order valence-electron chi connectivity index (χ1n) is 14.4. The van der Waals surface area contributed by atoms with E-state index in [1.54, 1.807) is 25.1 Å². The Kier molecular flexibility index (Phi) is 10.6. The Bertz CT molecular complexity index is 1580. The summed E-state index contributed by atoms with van der Waals surface area (Å²) in [6.07, 6.45) is -0.164. The van der Waals surface area contributed by atoms with Crippen molar-refractivity contribution in [2.75, 3.05) is 10.8 Å². The summed E-state index contributed by atoms with van der Waals surface area (Å²) in [6.45, 7) is 2.56. The summed E-state index contributed by atoms with van der Waals surface area (Å²) in [5.74, 6) is -1.15. The van der Waals surface area contributed by atoms with Crippen molar-refractivity contribution in [2.24, 2.45) is 0 Å². The molecule has 0 saturated heterocycles. The molecule has 0 aromatic heterocycles. The van der Waals surface area contributed by atoms with Gasteiger partial charge in [0.25, 0.3) is 10.0 Å². The molecule has 1 saturated carbocycles. The zero-order valence-corrected chi connectivity index (χ0v) is 26.1. The average molecular weight is 650 g/mol. The van der Waals surface area contributed by atoms with Crippen LogP contribution in [0.15, 0.2) is 77.7 Å². The molecule has 1 aliphatic rings. The van der Waals surface area contributed by atoms with Crippen molar-refractivity contribution in [1.29, 1.82) is 0 Å². The fourth-order valence-corrected chi connectivity index (χ4v) is 6.94. The SMILES string of the molecule is Cc1cccc(CN(C(=O)CN(c2ccc(Cl)c(C(F)(F)F)c2)S(=O)(=O)c2ccccc2)[C@H](C)C(=O)NC2CCCCC2)c1. The number of sulfonamides is 1. The van der Waals surface area contributed by atoms with Crippen LogP contribution in [-0.2, 0) is 32.3 Å². The van der Waals surface area contributed by atoms with Gasteiger partial charge in [-0.15, -0.1) is 0 Å². The van der Waals surface area contributed by atoms with Gasteiger partial charge in [-0.25, -0.2) is 8.42 Å². The number of carbonyl (C=O) groups is 2. The van der Waals surface area contributed by atoms with Crippen LogP contribution in [-0.4, -0.2) is 43.8 Å². The Labute approximate surface area is 261 Å². The second-order valence-corrected chi connectivity index (χ2v) is 13.3. The minimum absolute atomic E-state index is 0.0204. The van der Waals surface area contributed by atoms with Crippen molar-refractivity contribution in [3.63, 3.8) is 0 Å². The molecule has 1 fully saturated rings. The summed E-state index contributed by atoms with van der Waals surface area (Å²) < 4.78 is 69.7. The number of anilines is 1. The summed E-state index contributed by atoms with van der Waals surface area (Å²) in [4.78, 5) is 28.5. The Morgan fingerprint density at radius 2 is 1.66 bits per heavy atom. The van der Waals surface area contributed by atoms with Gasteiger partial charge in [-0.05, 0) is 62.6 Å². The largest absolute Gasteiger partial charge is 0.417 e. The van der Waals surface area contributed by atoms with E-state index in [-0.39, 0.29) is 23.4 Å². The lowest BCUT2D eigenvalue weighted by atomic mass is 9.95. The number of nitrogens with one attached hydrogen (secondary N) is 1. The minimum atomic E-state index is -4.87. The molecule has 0 spiro atoms. The van der Waals surface area contributed by atoms with Crippen molar-refractivity contribution in [2.45, 2.75) is 75.7 Å². The first-order chi connectivity index (χ1) is 20.8. The summed E-state index contributed by atoms with van der Waals surface area (Å²) >= 11 is 5.82. The van der Waals surface area contributed by atoms with Gasteiger partial charge in [0.1, 0.15) is 12.6 Å². The van der Waals surface area contributed by atoms with E-state index in [4.69, 9.17) is 11.6 Å². The lowest BCUT2D eigenvalue weighted by Gasteiger charge is -2.33. The normalized spacial score (nSPS) is 15.0. The number of alkyl halides is 3. The number of benzene rings is 3. The van der Waals surface area contributed by atoms with Gasteiger partial charge in [0.15, 0.2) is 0 Å². The predicted octanol–water partition coefficient (Wildman–Crippen LogP) is 6.73. The van der Waals surface area contributed by atoms with Gasteiger partial charge in [-0.1, -0.05) is 78.9 Å². The number of amides is 2. The van der Waals surface area contributed by atoms with E-state index in [2.05, 4.69) is 5.32 Å². The number of hydrogen-bond donors (Lipinski definition) is 1. The van der Waals surface area contributed by atoms with Crippen LogP contribution in [0.25, 0.3) is 0 Å². The van der Waals surface area contributed by atoms with Crippen LogP contribution in [0, 0.1) is 6.92 Å². The fraction of sp³-hybridized carbons (Fsp3) is 0.375. The van der Waals surface area contributed by atoms with E-state index in [1.165, 1.54) is 29.2 Å². The Hall–Kier alpha value is -3.57. The maximum absolute atomic E-state index is 14.1. The molecule has 0 aliphatic heterocycles. The molecule has 236 valence electrons. The molecule has 1 atom stereocenters. The van der Waals surface area contributed by atoms with E-state index >= 15 is 0 Å². The van der Waals surface area contributed by atoms with Crippen LogP contribution in [0.1, 0.15) is 55.7 Å². The van der Waals surface area contributed by atoms with Crippen LogP contribution in [0.2, 0.25) is 5.02 Å². The maximum atomic E-state index is 14.1. The van der Waals surface area contributed by atoms with Crippen molar-refractivity contribution >= 4 is 39.1 Å². The number of halogens is 4. The predicted molar refractivity (Wildman–Crippen MR) is 164 cm³/mol. The number of nitrogens with zero attached hydrogens (tertiary/aromatic N) is 2. The van der Waals surface area contributed by atoms with Gasteiger partial charge in [-0.2, -0.15) is 13.2 Å². The summed E-state index contributed by atoms with van der Waals surface area (Å²) in [7, 11) is -4.53. The van der Waals surface area contributed by atoms with Crippen LogP contribution >= 0.6 is 11.6 Å². The highest BCUT2D eigenvalue weighted by molar-refractivity contribution is 7.92. The molecule has 0 heterocycles. The summed E-state index contributed by atoms with van der Waals surface area (Å²) in [5.41, 5.74) is -0.00900. The summed E-state index contributed by atoms with van der Waals surface area (Å²) in [6, 6.07) is 16.1. The first kappa shape index (κ1) is 33.3. The van der Waals surface area contributed by atoms with Crippen molar-refractivity contribution in [3.8, 4) is 0 Å². The van der Waals surface area contributed by atoms with Crippen molar-refractivity contribution < 1.29 is 31.2 Å². The van der Waals surface area contributed by atoms with Crippen LogP contribution in [0.5, 0.6) is 0 Å². The second kappa shape index (κ2) is 14.0. The van der Waals surface area contributed by atoms with Gasteiger partial charge in [0.05, 0.1) is 21.2 Å². The number of aryl methyl sites for hydroxylation is 1. The van der Waals surface area contributed by atoms with Crippen molar-refractivity contribution in [1.82, 2.24) is 10.2 Å². The van der Waals surface area contributed by atoms with Gasteiger partial charge < -0.3 is 10.2 Å². The van der Waals surface area contributed by atoms with E-state index in [1.807, 2.05) is 19.1 Å². The van der Waals surface area contributed by atoms with Gasteiger partial charge in [-0.3, -0.25) is 13.9 Å². The number of carbonyl (C=O) groups excluding carboxylic acids is 2. The molecule has 12 heteroatoms. The van der Waals surface area contributed by atoms with E-state index in [0.717, 1.165) is 49.8 Å². The third-order valence-corrected chi connectivity index (χ3v) is 9.83. The van der Waals surface area contributed by atoms with Gasteiger partial charge >= 0.3 is 6.18 Å². The molecule has 44 heavy (non-hydrogen) atoms. The third-order valence-electron chi connectivity index (χ3n) is 7.71. The zero-order chi connectivity index (χ0) is 32.1. The molecule has 1 N–H and O–H groups in total. The van der Waals surface area contributed by atoms with Crippen LogP contribution in [0.3, 0.4) is 0 Å². The Morgan fingerprint density at radius 3 is 2.30 bits per heavy atom. The highest BCUT2D eigenvalue weighted by Crippen LogP contribution is 2.38. The van der Waals surface area contributed by atoms with Gasteiger partial charge in [0.2, 0.25) is 11.8 Å². The highest BCUT2D eigenvalue weighted by atomic mass is 35.5. The lowest BCUT2D eigenvalue weighted by Crippen LogP contribution is -2.53. The second-order valence-electron chi connectivity index (χ2n) is 11.0. The molecule has 4 rings (SSSR count). The number of hydrogen-bond acceptors (Lipinski definition) is 4. The molecule has 3 aromatic carbocycles. The van der Waals surface area contributed by atoms with Crippen LogP contribution in [0.4, 0.5) is 18.9 Å². The molecule has 0 radical (unpaired) electrons. The van der Waals surface area contributed by atoms with E-state index in [9.17, 15) is 31.2 Å². The first-order valence-corrected chi connectivity index (χ1v) is 16.2. The monoisotopic (exact) mass is 649 g/mol. The van der Waals surface area contributed by atoms with E-state index < -0.39 is 51.0 Å². The fourth-order valence-electron chi connectivity index (χ4n) is 5.29. The molecule has 0 bridgehead atoms. The Balaban J connectivity index is 1.74. The minimum Gasteiger partial charge on any atom is -0.352 e. The van der Waals surface area contributed by atoms with Gasteiger partial charge in [0, 0.05) is 12.6 Å². The van der Waals surface area contributed by atoms with Crippen LogP contribution < -0.4 is 9.62 Å². The molecule has 2 amide bonds. The Morgan fingerprint density at radius 1 is 0.977 bits per heavy atom. The molecular weight excluding hydrogens is 615 g/mol. The molecular formula is C32H35ClF3N3O4S. The van der Waals surface area contributed by atoms with E-state index in [0.29, 0.717) is 15.9 Å². The standard InChI is InChI=1S/C32H35ClF3N3O4S/c1-22-10-9-11-24(18-22)20-38(23(2)31(41)37-25-12-5-3-6-13-25)30(40)21-39(44(42,43)27-14-7-4-8-15-27)26-16-17-29(33)28(19-26)32(34,35)36/h4,7-11,14-19,23,25H,3,5-6,12-13,20-21H2,1-2H3,(H,37,41)/t23-/m1/s1. The third kappa shape index (κ3) is 8.12. The van der Waals surface area contributed by atoms with Crippen molar-refractivity contribution in [3.05, 3.63) is 94.5 Å².